The second-order valence-electron chi connectivity index (χ2n) is 3.75. The first-order valence-corrected chi connectivity index (χ1v) is 6.27. The van der Waals surface area contributed by atoms with Gasteiger partial charge in [0.25, 0.3) is 0 Å². The molecule has 3 nitrogen and oxygen atoms in total. The van der Waals surface area contributed by atoms with E-state index in [2.05, 4.69) is 9.97 Å². The van der Waals surface area contributed by atoms with Crippen LogP contribution in [0.3, 0.4) is 0 Å². The van der Waals surface area contributed by atoms with E-state index in [1.807, 2.05) is 13.0 Å². The van der Waals surface area contributed by atoms with E-state index in [0.717, 1.165) is 5.56 Å². The highest BCUT2D eigenvalue weighted by Gasteiger charge is 2.05. The van der Waals surface area contributed by atoms with Crippen molar-refractivity contribution in [2.24, 2.45) is 0 Å². The maximum absolute atomic E-state index is 13.5. The molecule has 0 aliphatic carbocycles. The molecule has 1 aromatic carbocycles. The minimum Gasteiger partial charge on any atom is -0.231 e. The Balaban J connectivity index is 2.10. The number of hydrogen-bond acceptors (Lipinski definition) is 4. The number of halogens is 1. The van der Waals surface area contributed by atoms with Gasteiger partial charge in [0.1, 0.15) is 5.82 Å². The fourth-order valence-electron chi connectivity index (χ4n) is 1.35. The van der Waals surface area contributed by atoms with E-state index in [1.54, 1.807) is 18.5 Å². The molecule has 0 atom stereocenters. The smallest absolute Gasteiger partial charge is 0.187 e. The van der Waals surface area contributed by atoms with Crippen LogP contribution in [0.4, 0.5) is 4.39 Å². The number of nitriles is 1. The molecule has 0 aliphatic rings. The SMILES string of the molecule is Cc1cnc(SCc2cc(C#N)ccc2F)nc1. The quantitative estimate of drug-likeness (QED) is 0.628. The van der Waals surface area contributed by atoms with E-state index in [1.165, 1.54) is 23.9 Å². The van der Waals surface area contributed by atoms with E-state index in [4.69, 9.17) is 5.26 Å². The Kier molecular flexibility index (Phi) is 3.90. The molecule has 0 spiro atoms. The van der Waals surface area contributed by atoms with Gasteiger partial charge in [-0.15, -0.1) is 0 Å². The van der Waals surface area contributed by atoms with E-state index < -0.39 is 0 Å². The number of aromatic nitrogens is 2. The number of nitrogens with zero attached hydrogens (tertiary/aromatic N) is 3. The van der Waals surface area contributed by atoms with Crippen molar-refractivity contribution >= 4 is 11.8 Å². The van der Waals surface area contributed by atoms with Crippen LogP contribution in [0.2, 0.25) is 0 Å². The monoisotopic (exact) mass is 259 g/mol. The summed E-state index contributed by atoms with van der Waals surface area (Å²) in [6, 6.07) is 6.32. The Morgan fingerprint density at radius 3 is 2.72 bits per heavy atom. The van der Waals surface area contributed by atoms with E-state index in [9.17, 15) is 4.39 Å². The maximum atomic E-state index is 13.5. The van der Waals surface area contributed by atoms with Gasteiger partial charge >= 0.3 is 0 Å². The molecule has 90 valence electrons. The molecule has 0 bridgehead atoms. The third kappa shape index (κ3) is 3.05. The Hall–Kier alpha value is -1.93. The molecule has 2 rings (SSSR count). The lowest BCUT2D eigenvalue weighted by Crippen LogP contribution is -1.92. The van der Waals surface area contributed by atoms with Gasteiger partial charge in [-0.05, 0) is 36.2 Å². The van der Waals surface area contributed by atoms with Crippen LogP contribution in [0.5, 0.6) is 0 Å². The third-order valence-corrected chi connectivity index (χ3v) is 3.21. The van der Waals surface area contributed by atoms with Gasteiger partial charge in [-0.2, -0.15) is 5.26 Å². The van der Waals surface area contributed by atoms with Crippen LogP contribution in [0.1, 0.15) is 16.7 Å². The molecular formula is C13H10FN3S. The summed E-state index contributed by atoms with van der Waals surface area (Å²) in [5, 5.41) is 9.36. The second-order valence-corrected chi connectivity index (χ2v) is 4.69. The zero-order valence-corrected chi connectivity index (χ0v) is 10.5. The Morgan fingerprint density at radius 2 is 2.06 bits per heavy atom. The molecule has 0 saturated heterocycles. The van der Waals surface area contributed by atoms with Gasteiger partial charge in [-0.1, -0.05) is 11.8 Å². The highest BCUT2D eigenvalue weighted by molar-refractivity contribution is 7.98. The van der Waals surface area contributed by atoms with Crippen molar-refractivity contribution in [1.29, 1.82) is 5.26 Å². The predicted molar refractivity (Wildman–Crippen MR) is 67.4 cm³/mol. The van der Waals surface area contributed by atoms with Crippen molar-refractivity contribution in [3.8, 4) is 6.07 Å². The first kappa shape index (κ1) is 12.5. The van der Waals surface area contributed by atoms with Gasteiger partial charge in [0.05, 0.1) is 11.6 Å². The summed E-state index contributed by atoms with van der Waals surface area (Å²) >= 11 is 1.34. The van der Waals surface area contributed by atoms with Crippen molar-refractivity contribution < 1.29 is 4.39 Å². The zero-order chi connectivity index (χ0) is 13.0. The van der Waals surface area contributed by atoms with Crippen LogP contribution in [-0.4, -0.2) is 9.97 Å². The zero-order valence-electron chi connectivity index (χ0n) is 9.72. The van der Waals surface area contributed by atoms with Crippen LogP contribution < -0.4 is 0 Å². The third-order valence-electron chi connectivity index (χ3n) is 2.29. The molecule has 18 heavy (non-hydrogen) atoms. The minimum atomic E-state index is -0.311. The van der Waals surface area contributed by atoms with Crippen LogP contribution >= 0.6 is 11.8 Å². The molecule has 2 aromatic rings. The van der Waals surface area contributed by atoms with Crippen molar-refractivity contribution in [3.05, 3.63) is 53.1 Å². The lowest BCUT2D eigenvalue weighted by atomic mass is 10.1. The lowest BCUT2D eigenvalue weighted by molar-refractivity contribution is 0.617. The van der Waals surface area contributed by atoms with E-state index >= 15 is 0 Å². The van der Waals surface area contributed by atoms with Gasteiger partial charge in [0.2, 0.25) is 0 Å². The lowest BCUT2D eigenvalue weighted by Gasteiger charge is -2.03. The topological polar surface area (TPSA) is 49.6 Å². The Labute approximate surface area is 109 Å². The van der Waals surface area contributed by atoms with Crippen LogP contribution in [0, 0.1) is 24.1 Å². The molecule has 0 amide bonds. The Bertz CT molecular complexity index is 590. The standard InChI is InChI=1S/C13H10FN3S/c1-9-6-16-13(17-7-9)18-8-11-4-10(5-15)2-3-12(11)14/h2-4,6-7H,8H2,1H3. The first-order valence-electron chi connectivity index (χ1n) is 5.29. The number of hydrogen-bond donors (Lipinski definition) is 0. The number of aryl methyl sites for hydroxylation is 1. The molecule has 0 N–H and O–H groups in total. The summed E-state index contributed by atoms with van der Waals surface area (Å²) in [5.74, 6) is 0.0957. The molecule has 0 radical (unpaired) electrons. The average Bonchev–Trinajstić information content (AvgIpc) is 2.40. The van der Waals surface area contributed by atoms with Crippen molar-refractivity contribution in [2.45, 2.75) is 17.8 Å². The van der Waals surface area contributed by atoms with Gasteiger partial charge in [-0.3, -0.25) is 0 Å². The largest absolute Gasteiger partial charge is 0.231 e. The van der Waals surface area contributed by atoms with Crippen LogP contribution in [-0.2, 0) is 5.75 Å². The summed E-state index contributed by atoms with van der Waals surface area (Å²) in [6.07, 6.45) is 3.44. The molecule has 0 unspecified atom stereocenters. The summed E-state index contributed by atoms with van der Waals surface area (Å²) in [7, 11) is 0. The maximum Gasteiger partial charge on any atom is 0.187 e. The van der Waals surface area contributed by atoms with Gasteiger partial charge < -0.3 is 0 Å². The Morgan fingerprint density at radius 1 is 1.33 bits per heavy atom. The predicted octanol–water partition coefficient (Wildman–Crippen LogP) is 3.09. The van der Waals surface area contributed by atoms with Gasteiger partial charge in [0.15, 0.2) is 5.16 Å². The normalized spacial score (nSPS) is 10.1. The minimum absolute atomic E-state index is 0.311. The summed E-state index contributed by atoms with van der Waals surface area (Å²) in [4.78, 5) is 8.26. The molecule has 5 heteroatoms. The summed E-state index contributed by atoms with van der Waals surface area (Å²) in [5.41, 5.74) is 1.93. The fourth-order valence-corrected chi connectivity index (χ4v) is 2.11. The molecule has 0 fully saturated rings. The summed E-state index contributed by atoms with van der Waals surface area (Å²) < 4.78 is 13.5. The molecule has 0 aliphatic heterocycles. The number of benzene rings is 1. The van der Waals surface area contributed by atoms with Crippen LogP contribution in [0.15, 0.2) is 35.7 Å². The van der Waals surface area contributed by atoms with E-state index in [0.29, 0.717) is 22.0 Å². The number of rotatable bonds is 3. The summed E-state index contributed by atoms with van der Waals surface area (Å²) in [6.45, 7) is 1.91. The highest BCUT2D eigenvalue weighted by Crippen LogP contribution is 2.21. The second kappa shape index (κ2) is 5.61. The van der Waals surface area contributed by atoms with Gasteiger partial charge in [0, 0.05) is 18.1 Å². The van der Waals surface area contributed by atoms with Crippen molar-refractivity contribution in [3.63, 3.8) is 0 Å². The van der Waals surface area contributed by atoms with Gasteiger partial charge in [-0.25, -0.2) is 14.4 Å². The molecule has 0 saturated carbocycles. The molecule has 1 heterocycles. The van der Waals surface area contributed by atoms with Crippen LogP contribution in [0.25, 0.3) is 0 Å². The molecule has 1 aromatic heterocycles. The molecular weight excluding hydrogens is 249 g/mol. The fraction of sp³-hybridized carbons (Fsp3) is 0.154. The first-order chi connectivity index (χ1) is 8.69. The van der Waals surface area contributed by atoms with E-state index in [-0.39, 0.29) is 5.82 Å². The van der Waals surface area contributed by atoms with Crippen molar-refractivity contribution in [2.75, 3.05) is 0 Å². The number of thioether (sulfide) groups is 1. The average molecular weight is 259 g/mol. The highest BCUT2D eigenvalue weighted by atomic mass is 32.2. The van der Waals surface area contributed by atoms with Crippen molar-refractivity contribution in [1.82, 2.24) is 9.97 Å².